The lowest BCUT2D eigenvalue weighted by Gasteiger charge is -2.22. The second-order valence-electron chi connectivity index (χ2n) is 9.83. The summed E-state index contributed by atoms with van der Waals surface area (Å²) >= 11 is 1.82. The number of thiophene rings is 1. The Labute approximate surface area is 218 Å². The van der Waals surface area contributed by atoms with Crippen molar-refractivity contribution in [2.75, 3.05) is 0 Å². The van der Waals surface area contributed by atoms with Crippen molar-refractivity contribution in [3.8, 4) is 38.8 Å². The van der Waals surface area contributed by atoms with Gasteiger partial charge >= 0.3 is 0 Å². The summed E-state index contributed by atoms with van der Waals surface area (Å²) in [6, 6.07) is 17.1. The molecular weight excluding hydrogens is 478 g/mol. The maximum absolute atomic E-state index is 6.25. The van der Waals surface area contributed by atoms with Crippen LogP contribution in [0.15, 0.2) is 67.1 Å². The molecule has 0 atom stereocenters. The molecule has 1 aliphatic rings. The molecule has 0 radical (unpaired) electrons. The molecule has 1 saturated carbocycles. The van der Waals surface area contributed by atoms with E-state index in [9.17, 15) is 0 Å². The fraction of sp³-hybridized carbons (Fsp3) is 0.233. The summed E-state index contributed by atoms with van der Waals surface area (Å²) in [5.74, 6) is 0.811. The van der Waals surface area contributed by atoms with Crippen LogP contribution in [0.25, 0.3) is 54.9 Å². The molecule has 0 bridgehead atoms. The average molecular weight is 506 g/mol. The number of fused-ring (bicyclic) bond motifs is 2. The SMILES string of the molecule is Cc1ccc(-c2cccc3[nH]c(-c4n[nH]c5cnc(-c6cncc(OC7CCCCC7)c6)cc45)cc23)s1. The van der Waals surface area contributed by atoms with Crippen molar-refractivity contribution >= 4 is 33.1 Å². The van der Waals surface area contributed by atoms with Gasteiger partial charge in [0.15, 0.2) is 0 Å². The summed E-state index contributed by atoms with van der Waals surface area (Å²) in [5.41, 5.74) is 6.88. The summed E-state index contributed by atoms with van der Waals surface area (Å²) in [4.78, 5) is 15.3. The van der Waals surface area contributed by atoms with Crippen LogP contribution in [-0.4, -0.2) is 31.3 Å². The summed E-state index contributed by atoms with van der Waals surface area (Å²) < 4.78 is 6.25. The number of rotatable bonds is 5. The fourth-order valence-corrected chi connectivity index (χ4v) is 6.26. The minimum absolute atomic E-state index is 0.284. The zero-order valence-electron chi connectivity index (χ0n) is 20.6. The highest BCUT2D eigenvalue weighted by Gasteiger charge is 2.17. The van der Waals surface area contributed by atoms with Crippen LogP contribution in [0.4, 0.5) is 0 Å². The monoisotopic (exact) mass is 505 g/mol. The Morgan fingerprint density at radius 1 is 0.919 bits per heavy atom. The van der Waals surface area contributed by atoms with Crippen molar-refractivity contribution in [2.24, 2.45) is 0 Å². The minimum Gasteiger partial charge on any atom is -0.489 e. The van der Waals surface area contributed by atoms with Gasteiger partial charge in [-0.15, -0.1) is 11.3 Å². The van der Waals surface area contributed by atoms with Gasteiger partial charge in [0.05, 0.1) is 35.4 Å². The zero-order chi connectivity index (χ0) is 24.8. The number of nitrogens with one attached hydrogen (secondary N) is 2. The fourth-order valence-electron chi connectivity index (χ4n) is 5.36. The molecule has 0 aliphatic heterocycles. The number of hydrogen-bond acceptors (Lipinski definition) is 5. The number of ether oxygens (including phenoxy) is 1. The van der Waals surface area contributed by atoms with Gasteiger partial charge in [0, 0.05) is 43.4 Å². The van der Waals surface area contributed by atoms with Gasteiger partial charge in [-0.2, -0.15) is 5.10 Å². The average Bonchev–Trinajstić information content (AvgIpc) is 3.66. The molecule has 5 heterocycles. The maximum atomic E-state index is 6.25. The van der Waals surface area contributed by atoms with Gasteiger partial charge in [-0.25, -0.2) is 0 Å². The van der Waals surface area contributed by atoms with Crippen molar-refractivity contribution in [2.45, 2.75) is 45.1 Å². The van der Waals surface area contributed by atoms with Gasteiger partial charge in [0.1, 0.15) is 11.4 Å². The number of nitrogens with zero attached hydrogens (tertiary/aromatic N) is 3. The molecule has 6 aromatic rings. The van der Waals surface area contributed by atoms with Gasteiger partial charge in [-0.1, -0.05) is 18.6 Å². The number of benzene rings is 1. The molecule has 1 aromatic carbocycles. The molecule has 184 valence electrons. The highest BCUT2D eigenvalue weighted by molar-refractivity contribution is 7.15. The Hall–Kier alpha value is -3.97. The number of hydrogen-bond donors (Lipinski definition) is 2. The summed E-state index contributed by atoms with van der Waals surface area (Å²) in [6.45, 7) is 2.14. The molecule has 7 rings (SSSR count). The lowest BCUT2D eigenvalue weighted by atomic mass is 9.98. The predicted octanol–water partition coefficient (Wildman–Crippen LogP) is 7.92. The third kappa shape index (κ3) is 4.19. The molecule has 0 amide bonds. The summed E-state index contributed by atoms with van der Waals surface area (Å²) in [5, 5.41) is 10.0. The van der Waals surface area contributed by atoms with E-state index in [0.717, 1.165) is 57.7 Å². The molecule has 37 heavy (non-hydrogen) atoms. The van der Waals surface area contributed by atoms with Gasteiger partial charge in [-0.3, -0.25) is 15.1 Å². The van der Waals surface area contributed by atoms with E-state index in [2.05, 4.69) is 69.6 Å². The Bertz CT molecular complexity index is 1720. The molecule has 7 heteroatoms. The van der Waals surface area contributed by atoms with Crippen LogP contribution in [0.2, 0.25) is 0 Å². The molecule has 5 aromatic heterocycles. The second kappa shape index (κ2) is 9.16. The highest BCUT2D eigenvalue weighted by Crippen LogP contribution is 2.37. The standard InChI is InChI=1S/C30H27N5OS/c1-18-10-11-29(37-18)22-8-5-9-25-23(22)13-27(33-25)30-24-14-26(32-17-28(24)34-35-30)19-12-21(16-31-15-19)36-20-6-3-2-4-7-20/h5,8-17,20,33H,2-4,6-7H2,1H3,(H,34,35). The minimum atomic E-state index is 0.284. The predicted molar refractivity (Wildman–Crippen MR) is 150 cm³/mol. The quantitative estimate of drug-likeness (QED) is 0.249. The second-order valence-corrected chi connectivity index (χ2v) is 11.1. The number of aromatic amines is 2. The van der Waals surface area contributed by atoms with E-state index in [-0.39, 0.29) is 6.10 Å². The topological polar surface area (TPSA) is 79.5 Å². The largest absolute Gasteiger partial charge is 0.489 e. The van der Waals surface area contributed by atoms with Crippen LogP contribution in [0, 0.1) is 6.92 Å². The van der Waals surface area contributed by atoms with E-state index < -0.39 is 0 Å². The summed E-state index contributed by atoms with van der Waals surface area (Å²) in [6.07, 6.45) is 11.8. The van der Waals surface area contributed by atoms with Gasteiger partial charge < -0.3 is 9.72 Å². The van der Waals surface area contributed by atoms with E-state index in [1.165, 1.54) is 40.0 Å². The van der Waals surface area contributed by atoms with Gasteiger partial charge in [-0.05, 0) is 69.0 Å². The Morgan fingerprint density at radius 2 is 1.84 bits per heavy atom. The zero-order valence-corrected chi connectivity index (χ0v) is 21.4. The van der Waals surface area contributed by atoms with Crippen LogP contribution >= 0.6 is 11.3 Å². The molecule has 2 N–H and O–H groups in total. The molecule has 6 nitrogen and oxygen atoms in total. The van der Waals surface area contributed by atoms with Crippen LogP contribution in [0.3, 0.4) is 0 Å². The third-order valence-corrected chi connectivity index (χ3v) is 8.27. The lowest BCUT2D eigenvalue weighted by molar-refractivity contribution is 0.154. The van der Waals surface area contributed by atoms with E-state index in [0.29, 0.717) is 0 Å². The molecule has 1 aliphatic carbocycles. The van der Waals surface area contributed by atoms with Crippen LogP contribution in [0.1, 0.15) is 37.0 Å². The van der Waals surface area contributed by atoms with Crippen LogP contribution in [-0.2, 0) is 0 Å². The number of aromatic nitrogens is 5. The van der Waals surface area contributed by atoms with Gasteiger partial charge in [0.2, 0.25) is 0 Å². The molecule has 0 unspecified atom stereocenters. The van der Waals surface area contributed by atoms with Crippen molar-refractivity contribution in [3.05, 3.63) is 72.0 Å². The number of H-pyrrole nitrogens is 2. The normalized spacial score (nSPS) is 14.5. The molecule has 0 saturated heterocycles. The highest BCUT2D eigenvalue weighted by atomic mass is 32.1. The Balaban J connectivity index is 1.26. The van der Waals surface area contributed by atoms with Crippen molar-refractivity contribution in [1.82, 2.24) is 25.1 Å². The van der Waals surface area contributed by atoms with E-state index >= 15 is 0 Å². The van der Waals surface area contributed by atoms with Crippen molar-refractivity contribution in [3.63, 3.8) is 0 Å². The van der Waals surface area contributed by atoms with Crippen molar-refractivity contribution in [1.29, 1.82) is 0 Å². The van der Waals surface area contributed by atoms with E-state index in [1.807, 2.05) is 29.8 Å². The first-order valence-electron chi connectivity index (χ1n) is 12.9. The first-order valence-corrected chi connectivity index (χ1v) is 13.7. The van der Waals surface area contributed by atoms with Crippen LogP contribution < -0.4 is 4.74 Å². The first-order chi connectivity index (χ1) is 18.2. The molecular formula is C30H27N5OS. The van der Waals surface area contributed by atoms with E-state index in [4.69, 9.17) is 9.72 Å². The van der Waals surface area contributed by atoms with Crippen molar-refractivity contribution < 1.29 is 4.74 Å². The molecule has 0 spiro atoms. The first kappa shape index (κ1) is 22.2. The van der Waals surface area contributed by atoms with Crippen LogP contribution in [0.5, 0.6) is 5.75 Å². The third-order valence-electron chi connectivity index (χ3n) is 7.24. The smallest absolute Gasteiger partial charge is 0.138 e. The number of pyridine rings is 2. The Morgan fingerprint density at radius 3 is 2.70 bits per heavy atom. The Kier molecular flexibility index (Phi) is 5.51. The summed E-state index contributed by atoms with van der Waals surface area (Å²) in [7, 11) is 0. The molecule has 1 fully saturated rings. The maximum Gasteiger partial charge on any atom is 0.138 e. The van der Waals surface area contributed by atoms with E-state index in [1.54, 1.807) is 6.20 Å². The number of aryl methyl sites for hydroxylation is 1. The lowest BCUT2D eigenvalue weighted by Crippen LogP contribution is -2.19. The van der Waals surface area contributed by atoms with Gasteiger partial charge in [0.25, 0.3) is 0 Å².